The van der Waals surface area contributed by atoms with Gasteiger partial charge in [-0.3, -0.25) is 9.59 Å². The van der Waals surface area contributed by atoms with Crippen LogP contribution in [0.2, 0.25) is 0 Å². The van der Waals surface area contributed by atoms with Crippen molar-refractivity contribution in [1.29, 1.82) is 0 Å². The fourth-order valence-electron chi connectivity index (χ4n) is 2.44. The van der Waals surface area contributed by atoms with Crippen molar-refractivity contribution in [3.8, 4) is 0 Å². The second-order valence-corrected chi connectivity index (χ2v) is 5.17. The van der Waals surface area contributed by atoms with E-state index < -0.39 is 0 Å². The Hall–Kier alpha value is 0.0400. The summed E-state index contributed by atoms with van der Waals surface area (Å²) in [6.07, 6.45) is 5.06. The number of rotatable bonds is 2. The van der Waals surface area contributed by atoms with Crippen molar-refractivity contribution in [1.82, 2.24) is 0 Å². The molecule has 1 saturated carbocycles. The molecule has 2 aliphatic carbocycles. The number of carbonyl (C=O) groups is 2. The molecule has 2 bridgehead atoms. The number of halogens is 2. The van der Waals surface area contributed by atoms with Crippen LogP contribution in [0.25, 0.3) is 0 Å². The topological polar surface area (TPSA) is 34.1 Å². The first-order valence-corrected chi connectivity index (χ1v) is 5.77. The van der Waals surface area contributed by atoms with Gasteiger partial charge >= 0.3 is 0 Å². The molecule has 4 heteroatoms. The summed E-state index contributed by atoms with van der Waals surface area (Å²) < 4.78 is -0.0794. The first-order chi connectivity index (χ1) is 6.11. The Morgan fingerprint density at radius 1 is 1.00 bits per heavy atom. The summed E-state index contributed by atoms with van der Waals surface area (Å²) in [6.45, 7) is 0. The molecule has 0 heterocycles. The minimum absolute atomic E-state index is 0.0397. The summed E-state index contributed by atoms with van der Waals surface area (Å²) >= 11 is 5.93. The summed E-state index contributed by atoms with van der Waals surface area (Å²) in [5, 5.41) is 0. The highest BCUT2D eigenvalue weighted by Gasteiger charge is 2.49. The lowest BCUT2D eigenvalue weighted by Gasteiger charge is -2.21. The molecule has 0 saturated heterocycles. The maximum Gasteiger partial charge on any atom is 0.202 e. The van der Waals surface area contributed by atoms with Crippen molar-refractivity contribution >= 4 is 41.2 Å². The van der Waals surface area contributed by atoms with Crippen LogP contribution < -0.4 is 0 Å². The van der Waals surface area contributed by atoms with Gasteiger partial charge in [0.25, 0.3) is 0 Å². The van der Waals surface area contributed by atoms with Crippen LogP contribution in [0.3, 0.4) is 0 Å². The lowest BCUT2D eigenvalue weighted by molar-refractivity contribution is -0.122. The number of hydrogen-bond acceptors (Lipinski definition) is 2. The van der Waals surface area contributed by atoms with Gasteiger partial charge in [-0.05, 0) is 50.1 Å². The molecule has 2 rings (SSSR count). The first kappa shape index (κ1) is 9.59. The molecule has 70 valence electrons. The monoisotopic (exact) mass is 306 g/mol. The molecule has 0 aromatic carbocycles. The molecule has 2 aliphatic rings. The van der Waals surface area contributed by atoms with E-state index in [1.807, 2.05) is 0 Å². The molecule has 1 fully saturated rings. The van der Waals surface area contributed by atoms with Crippen molar-refractivity contribution in [2.45, 2.75) is 6.42 Å². The number of allylic oxidation sites excluding steroid dienone is 2. The second-order valence-electron chi connectivity index (χ2n) is 3.61. The quantitative estimate of drug-likeness (QED) is 0.579. The zero-order chi connectivity index (χ0) is 9.59. The van der Waals surface area contributed by atoms with Crippen LogP contribution in [-0.2, 0) is 9.59 Å². The van der Waals surface area contributed by atoms with Crippen LogP contribution in [0.4, 0.5) is 0 Å². The van der Waals surface area contributed by atoms with Gasteiger partial charge in [-0.25, -0.2) is 0 Å². The third-order valence-corrected chi connectivity index (χ3v) is 4.04. The van der Waals surface area contributed by atoms with E-state index in [1.165, 1.54) is 0 Å². The molecule has 0 amide bonds. The summed E-state index contributed by atoms with van der Waals surface area (Å²) in [5.74, 6) is 0.232. The molecule has 0 radical (unpaired) electrons. The Bertz CT molecular complexity index is 270. The molecule has 4 atom stereocenters. The maximum absolute atomic E-state index is 11.3. The summed E-state index contributed by atoms with van der Waals surface area (Å²) in [4.78, 5) is 22.5. The van der Waals surface area contributed by atoms with Crippen molar-refractivity contribution in [3.63, 3.8) is 0 Å². The van der Waals surface area contributed by atoms with Gasteiger partial charge in [0.1, 0.15) is 0 Å². The minimum Gasteiger partial charge on any atom is -0.286 e. The fourth-order valence-corrected chi connectivity index (χ4v) is 3.69. The van der Waals surface area contributed by atoms with Crippen molar-refractivity contribution in [2.24, 2.45) is 23.7 Å². The Kier molecular flexibility index (Phi) is 2.45. The van der Waals surface area contributed by atoms with Crippen molar-refractivity contribution < 1.29 is 9.59 Å². The summed E-state index contributed by atoms with van der Waals surface area (Å²) in [6, 6.07) is 0. The number of carbonyl (C=O) groups excluding carboxylic acids is 2. The van der Waals surface area contributed by atoms with Gasteiger partial charge in [-0.1, -0.05) is 12.2 Å². The molecule has 0 aliphatic heterocycles. The summed E-state index contributed by atoms with van der Waals surface area (Å²) in [7, 11) is 0. The SMILES string of the molecule is O=C(Br)C1C2C=CC(C2)C1C(=O)Br. The average Bonchev–Trinajstić information content (AvgIpc) is 2.60. The minimum atomic E-state index is -0.151. The molecule has 13 heavy (non-hydrogen) atoms. The number of fused-ring (bicyclic) bond motifs is 2. The van der Waals surface area contributed by atoms with E-state index in [-0.39, 0.29) is 33.1 Å². The van der Waals surface area contributed by atoms with Crippen molar-refractivity contribution in [2.75, 3.05) is 0 Å². The largest absolute Gasteiger partial charge is 0.286 e. The van der Waals surface area contributed by atoms with Crippen molar-refractivity contribution in [3.05, 3.63) is 12.2 Å². The Morgan fingerprint density at radius 2 is 1.38 bits per heavy atom. The van der Waals surface area contributed by atoms with Crippen LogP contribution in [0.5, 0.6) is 0 Å². The third kappa shape index (κ3) is 1.44. The molecule has 0 aromatic rings. The van der Waals surface area contributed by atoms with Gasteiger partial charge in [-0.15, -0.1) is 0 Å². The number of hydrogen-bond donors (Lipinski definition) is 0. The van der Waals surface area contributed by atoms with E-state index in [2.05, 4.69) is 44.0 Å². The van der Waals surface area contributed by atoms with Gasteiger partial charge in [-0.2, -0.15) is 0 Å². The van der Waals surface area contributed by atoms with Gasteiger partial charge in [0, 0.05) is 11.8 Å². The molecule has 0 aromatic heterocycles. The molecular weight excluding hydrogens is 300 g/mol. The van der Waals surface area contributed by atoms with E-state index in [0.717, 1.165) is 6.42 Å². The zero-order valence-electron chi connectivity index (χ0n) is 6.74. The summed E-state index contributed by atoms with van der Waals surface area (Å²) in [5.41, 5.74) is 0. The lowest BCUT2D eigenvalue weighted by atomic mass is 9.85. The van der Waals surface area contributed by atoms with Crippen LogP contribution >= 0.6 is 31.9 Å². The third-order valence-electron chi connectivity index (χ3n) is 2.98. The zero-order valence-corrected chi connectivity index (χ0v) is 9.92. The van der Waals surface area contributed by atoms with E-state index in [1.54, 1.807) is 0 Å². The smallest absolute Gasteiger partial charge is 0.202 e. The van der Waals surface area contributed by atoms with E-state index in [0.29, 0.717) is 0 Å². The van der Waals surface area contributed by atoms with Crippen LogP contribution in [0, 0.1) is 23.7 Å². The normalized spacial score (nSPS) is 41.1. The molecule has 2 nitrogen and oxygen atoms in total. The molecule has 0 spiro atoms. The highest BCUT2D eigenvalue weighted by molar-refractivity contribution is 9.18. The predicted molar refractivity (Wildman–Crippen MR) is 55.6 cm³/mol. The molecular formula is C9H8Br2O2. The van der Waals surface area contributed by atoms with E-state index >= 15 is 0 Å². The second kappa shape index (κ2) is 3.31. The van der Waals surface area contributed by atoms with Gasteiger partial charge in [0.15, 0.2) is 0 Å². The highest BCUT2D eigenvalue weighted by atomic mass is 79.9. The molecule has 4 unspecified atom stereocenters. The Balaban J connectivity index is 2.30. The standard InChI is InChI=1S/C9H8Br2O2/c10-8(12)6-4-1-2-5(3-4)7(6)9(11)13/h1-2,4-7H,3H2. The van der Waals surface area contributed by atoms with E-state index in [4.69, 9.17) is 0 Å². The van der Waals surface area contributed by atoms with E-state index in [9.17, 15) is 9.59 Å². The fraction of sp³-hybridized carbons (Fsp3) is 0.556. The Morgan fingerprint density at radius 3 is 1.69 bits per heavy atom. The van der Waals surface area contributed by atoms with Crippen LogP contribution in [0.1, 0.15) is 6.42 Å². The first-order valence-electron chi connectivity index (χ1n) is 4.18. The average molecular weight is 308 g/mol. The predicted octanol–water partition coefficient (Wildman–Crippen LogP) is 2.27. The lowest BCUT2D eigenvalue weighted by Crippen LogP contribution is -2.28. The van der Waals surface area contributed by atoms with Gasteiger partial charge in [0.05, 0.1) is 0 Å². The highest BCUT2D eigenvalue weighted by Crippen LogP contribution is 2.50. The van der Waals surface area contributed by atoms with Gasteiger partial charge < -0.3 is 0 Å². The van der Waals surface area contributed by atoms with Gasteiger partial charge in [0.2, 0.25) is 9.39 Å². The Labute approximate surface area is 93.0 Å². The maximum atomic E-state index is 11.3. The van der Waals surface area contributed by atoms with Crippen LogP contribution in [0.15, 0.2) is 12.2 Å². The molecule has 0 N–H and O–H groups in total. The van der Waals surface area contributed by atoms with Crippen LogP contribution in [-0.4, -0.2) is 9.39 Å².